The van der Waals surface area contributed by atoms with Crippen molar-refractivity contribution in [2.24, 2.45) is 5.92 Å². The van der Waals surface area contributed by atoms with E-state index in [2.05, 4.69) is 44.9 Å². The Labute approximate surface area is 165 Å². The molecule has 1 saturated heterocycles. The summed E-state index contributed by atoms with van der Waals surface area (Å²) in [7, 11) is 0. The molecule has 28 heavy (non-hydrogen) atoms. The number of anilines is 1. The lowest BCUT2D eigenvalue weighted by Gasteiger charge is -2.33. The fourth-order valence-corrected chi connectivity index (χ4v) is 4.03. The normalized spacial score (nSPS) is 17.2. The third-order valence-electron chi connectivity index (χ3n) is 5.48. The predicted molar refractivity (Wildman–Crippen MR) is 110 cm³/mol. The molecular weight excluding hydrogens is 352 g/mol. The average molecular weight is 380 g/mol. The van der Waals surface area contributed by atoms with Gasteiger partial charge in [-0.05, 0) is 38.3 Å². The molecule has 0 unspecified atom stereocenters. The number of hydrogen-bond acceptors (Lipinski definition) is 4. The number of aromatic nitrogens is 4. The number of carbonyl (C=O) groups excluding carboxylic acids is 1. The molecule has 0 radical (unpaired) electrons. The van der Waals surface area contributed by atoms with Crippen molar-refractivity contribution < 1.29 is 4.79 Å². The third kappa shape index (κ3) is 3.88. The van der Waals surface area contributed by atoms with Gasteiger partial charge in [-0.3, -0.25) is 4.79 Å². The van der Waals surface area contributed by atoms with Crippen LogP contribution < -0.4 is 10.2 Å². The molecule has 4 rings (SSSR count). The van der Waals surface area contributed by atoms with Crippen LogP contribution in [-0.4, -0.2) is 44.6 Å². The first-order valence-corrected chi connectivity index (χ1v) is 10.2. The molecular formula is C21H28N6O. The molecule has 148 valence electrons. The number of benzene rings is 1. The first-order chi connectivity index (χ1) is 13.8. The van der Waals surface area contributed by atoms with Crippen LogP contribution in [0, 0.1) is 5.92 Å². The Bertz CT molecular complexity index is 916. The van der Waals surface area contributed by atoms with Crippen LogP contribution in [0.2, 0.25) is 0 Å². The summed E-state index contributed by atoms with van der Waals surface area (Å²) in [5.41, 5.74) is 2.18. The molecule has 7 nitrogen and oxygen atoms in total. The fraction of sp³-hybridized carbons (Fsp3) is 0.476. The van der Waals surface area contributed by atoms with Crippen LogP contribution in [0.4, 0.5) is 5.95 Å². The monoisotopic (exact) mass is 380 g/mol. The van der Waals surface area contributed by atoms with Crippen molar-refractivity contribution in [1.82, 2.24) is 24.4 Å². The zero-order valence-corrected chi connectivity index (χ0v) is 16.4. The summed E-state index contributed by atoms with van der Waals surface area (Å²) < 4.78 is 4.28. The van der Waals surface area contributed by atoms with Crippen LogP contribution in [0.15, 0.2) is 43.0 Å². The first kappa shape index (κ1) is 18.5. The highest BCUT2D eigenvalue weighted by Crippen LogP contribution is 2.27. The van der Waals surface area contributed by atoms with E-state index in [9.17, 15) is 4.79 Å². The largest absolute Gasteiger partial charge is 0.356 e. The molecule has 1 aromatic carbocycles. The van der Waals surface area contributed by atoms with Crippen LogP contribution in [0.25, 0.3) is 11.0 Å². The molecule has 1 N–H and O–H groups in total. The number of piperidine rings is 1. The summed E-state index contributed by atoms with van der Waals surface area (Å²) in [6, 6.07) is 8.24. The van der Waals surface area contributed by atoms with Crippen molar-refractivity contribution in [2.75, 3.05) is 24.5 Å². The van der Waals surface area contributed by atoms with Gasteiger partial charge in [-0.2, -0.15) is 0 Å². The van der Waals surface area contributed by atoms with Crippen molar-refractivity contribution in [3.63, 3.8) is 0 Å². The molecule has 7 heteroatoms. The number of amides is 1. The number of hydrogen-bond donors (Lipinski definition) is 1. The van der Waals surface area contributed by atoms with Crippen molar-refractivity contribution in [1.29, 1.82) is 0 Å². The Morgan fingerprint density at radius 1 is 1.32 bits per heavy atom. The Morgan fingerprint density at radius 3 is 3.04 bits per heavy atom. The highest BCUT2D eigenvalue weighted by molar-refractivity contribution is 5.81. The van der Waals surface area contributed by atoms with Gasteiger partial charge >= 0.3 is 0 Å². The smallest absolute Gasteiger partial charge is 0.224 e. The number of fused-ring (bicyclic) bond motifs is 1. The maximum atomic E-state index is 12.7. The van der Waals surface area contributed by atoms with E-state index >= 15 is 0 Å². The zero-order valence-electron chi connectivity index (χ0n) is 16.4. The quantitative estimate of drug-likeness (QED) is 0.640. The van der Waals surface area contributed by atoms with Gasteiger partial charge in [-0.25, -0.2) is 9.97 Å². The maximum absolute atomic E-state index is 12.7. The van der Waals surface area contributed by atoms with Gasteiger partial charge in [-0.1, -0.05) is 12.1 Å². The Hall–Kier alpha value is -2.83. The minimum absolute atomic E-state index is 0.0205. The summed E-state index contributed by atoms with van der Waals surface area (Å²) >= 11 is 0. The predicted octanol–water partition coefficient (Wildman–Crippen LogP) is 2.68. The number of nitrogens with one attached hydrogen (secondary N) is 1. The van der Waals surface area contributed by atoms with Gasteiger partial charge in [0.2, 0.25) is 11.9 Å². The molecule has 0 bridgehead atoms. The van der Waals surface area contributed by atoms with E-state index in [1.165, 1.54) is 0 Å². The second-order valence-electron chi connectivity index (χ2n) is 7.38. The van der Waals surface area contributed by atoms with Gasteiger partial charge in [0.1, 0.15) is 0 Å². The molecule has 1 amide bonds. The Balaban J connectivity index is 1.37. The van der Waals surface area contributed by atoms with Crippen molar-refractivity contribution in [3.05, 3.63) is 43.0 Å². The lowest BCUT2D eigenvalue weighted by molar-refractivity contribution is -0.125. The van der Waals surface area contributed by atoms with Crippen LogP contribution in [0.3, 0.4) is 0 Å². The average Bonchev–Trinajstić information content (AvgIpc) is 3.38. The molecule has 2 aromatic heterocycles. The van der Waals surface area contributed by atoms with Gasteiger partial charge < -0.3 is 19.4 Å². The number of rotatable bonds is 7. The lowest BCUT2D eigenvalue weighted by Crippen LogP contribution is -2.44. The summed E-state index contributed by atoms with van der Waals surface area (Å²) in [6.45, 7) is 6.27. The maximum Gasteiger partial charge on any atom is 0.224 e. The summed E-state index contributed by atoms with van der Waals surface area (Å²) in [5, 5.41) is 3.12. The first-order valence-electron chi connectivity index (χ1n) is 10.2. The van der Waals surface area contributed by atoms with E-state index in [-0.39, 0.29) is 11.8 Å². The number of imidazole rings is 2. The number of para-hydroxylation sites is 2. The van der Waals surface area contributed by atoms with Gasteiger partial charge in [0.25, 0.3) is 0 Å². The SMILES string of the molecule is CCn1c(N2CCC[C@H](C(=O)NCCCn3ccnc3)C2)nc2ccccc21. The van der Waals surface area contributed by atoms with Crippen LogP contribution in [0.5, 0.6) is 0 Å². The minimum Gasteiger partial charge on any atom is -0.356 e. The highest BCUT2D eigenvalue weighted by Gasteiger charge is 2.28. The van der Waals surface area contributed by atoms with E-state index < -0.39 is 0 Å². The van der Waals surface area contributed by atoms with Gasteiger partial charge in [0.15, 0.2) is 0 Å². The second kappa shape index (κ2) is 8.46. The zero-order chi connectivity index (χ0) is 19.3. The molecule has 1 atom stereocenters. The second-order valence-corrected chi connectivity index (χ2v) is 7.38. The van der Waals surface area contributed by atoms with Gasteiger partial charge in [0, 0.05) is 45.1 Å². The Morgan fingerprint density at radius 2 is 2.21 bits per heavy atom. The summed E-state index contributed by atoms with van der Waals surface area (Å²) in [5.74, 6) is 1.17. The van der Waals surface area contributed by atoms with E-state index in [4.69, 9.17) is 4.98 Å². The molecule has 3 heterocycles. The highest BCUT2D eigenvalue weighted by atomic mass is 16.1. The van der Waals surface area contributed by atoms with Crippen molar-refractivity contribution >= 4 is 22.9 Å². The van der Waals surface area contributed by atoms with Crippen molar-refractivity contribution in [2.45, 2.75) is 39.3 Å². The van der Waals surface area contributed by atoms with E-state index in [1.54, 1.807) is 12.5 Å². The molecule has 0 aliphatic carbocycles. The van der Waals surface area contributed by atoms with E-state index in [1.807, 2.05) is 16.8 Å². The third-order valence-corrected chi connectivity index (χ3v) is 5.48. The van der Waals surface area contributed by atoms with Crippen LogP contribution in [-0.2, 0) is 17.9 Å². The molecule has 1 aliphatic rings. The summed E-state index contributed by atoms with van der Waals surface area (Å²) in [4.78, 5) is 23.9. The van der Waals surface area contributed by atoms with Crippen LogP contribution in [0.1, 0.15) is 26.2 Å². The molecule has 0 spiro atoms. The minimum atomic E-state index is 0.0205. The number of aryl methyl sites for hydroxylation is 2. The van der Waals surface area contributed by atoms with E-state index in [0.717, 1.165) is 62.4 Å². The number of carbonyl (C=O) groups is 1. The Kier molecular flexibility index (Phi) is 5.60. The molecule has 1 fully saturated rings. The van der Waals surface area contributed by atoms with Crippen molar-refractivity contribution in [3.8, 4) is 0 Å². The van der Waals surface area contributed by atoms with E-state index in [0.29, 0.717) is 6.54 Å². The molecule has 1 aliphatic heterocycles. The van der Waals surface area contributed by atoms with Crippen LogP contribution >= 0.6 is 0 Å². The molecule has 3 aromatic rings. The number of nitrogens with zero attached hydrogens (tertiary/aromatic N) is 5. The van der Waals surface area contributed by atoms with Gasteiger partial charge in [0.05, 0.1) is 23.3 Å². The van der Waals surface area contributed by atoms with Gasteiger partial charge in [-0.15, -0.1) is 0 Å². The lowest BCUT2D eigenvalue weighted by atomic mass is 9.97. The topological polar surface area (TPSA) is 68.0 Å². The standard InChI is InChI=1S/C21H28N6O/c1-2-27-19-9-4-3-8-18(19)24-21(27)26-13-5-7-17(15-26)20(28)23-10-6-12-25-14-11-22-16-25/h3-4,8-9,11,14,16-17H,2,5-7,10,12-13,15H2,1H3,(H,23,28)/t17-/m0/s1. The fourth-order valence-electron chi connectivity index (χ4n) is 4.03. The summed E-state index contributed by atoms with van der Waals surface area (Å²) in [6.07, 6.45) is 8.39. The molecule has 0 saturated carbocycles.